The van der Waals surface area contributed by atoms with Crippen LogP contribution in [0, 0.1) is 11.8 Å². The maximum absolute atomic E-state index is 4.30. The highest BCUT2D eigenvalue weighted by Crippen LogP contribution is 2.39. The molecule has 0 N–H and O–H groups in total. The Morgan fingerprint density at radius 3 is 2.50 bits per heavy atom. The molecule has 2 aromatic carbocycles. The topological polar surface area (TPSA) is 0 Å². The van der Waals surface area contributed by atoms with E-state index in [9.17, 15) is 0 Å². The van der Waals surface area contributed by atoms with Crippen LogP contribution in [0.1, 0.15) is 62.6 Å². The van der Waals surface area contributed by atoms with E-state index < -0.39 is 0 Å². The van der Waals surface area contributed by atoms with Crippen molar-refractivity contribution in [3.8, 4) is 11.1 Å². The summed E-state index contributed by atoms with van der Waals surface area (Å²) in [7, 11) is 0. The fourth-order valence-electron chi connectivity index (χ4n) is 5.19. The van der Waals surface area contributed by atoms with Gasteiger partial charge in [0.15, 0.2) is 0 Å². The predicted octanol–water partition coefficient (Wildman–Crippen LogP) is 8.27. The number of benzene rings is 2. The second-order valence-electron chi connectivity index (χ2n) is 9.18. The molecule has 156 valence electrons. The van der Waals surface area contributed by atoms with Gasteiger partial charge in [0, 0.05) is 5.92 Å². The minimum Gasteiger partial charge on any atom is -0.0952 e. The summed E-state index contributed by atoms with van der Waals surface area (Å²) in [6.45, 7) is 8.86. The largest absolute Gasteiger partial charge is 0.0952 e. The molecule has 2 aliphatic carbocycles. The van der Waals surface area contributed by atoms with E-state index in [1.165, 1.54) is 77.5 Å². The summed E-state index contributed by atoms with van der Waals surface area (Å²) in [6, 6.07) is 16.3. The zero-order valence-electron chi connectivity index (χ0n) is 18.8. The maximum Gasteiger partial charge on any atom is 0.00179 e. The van der Waals surface area contributed by atoms with E-state index in [1.54, 1.807) is 0 Å². The smallest absolute Gasteiger partial charge is 0.00179 e. The molecule has 0 saturated carbocycles. The number of hydrogen-bond donors (Lipinski definition) is 0. The Bertz CT molecular complexity index is 956. The van der Waals surface area contributed by atoms with Crippen molar-refractivity contribution < 1.29 is 0 Å². The summed E-state index contributed by atoms with van der Waals surface area (Å²) < 4.78 is 0. The molecule has 0 aromatic heterocycles. The fraction of sp³-hybridized carbons (Fsp3) is 0.400. The molecule has 2 aromatic rings. The van der Waals surface area contributed by atoms with Crippen LogP contribution in [0.4, 0.5) is 0 Å². The van der Waals surface area contributed by atoms with Gasteiger partial charge in [-0.05, 0) is 77.0 Å². The first kappa shape index (κ1) is 20.9. The molecule has 0 radical (unpaired) electrons. The SMILES string of the molecule is C=C1C=CC(C2Cc3ccccc3-c3ccc(CCCCC)cc3C2)=CC1CCC. The van der Waals surface area contributed by atoms with Crippen molar-refractivity contribution in [2.75, 3.05) is 0 Å². The number of rotatable bonds is 7. The quantitative estimate of drug-likeness (QED) is 0.413. The van der Waals surface area contributed by atoms with Crippen LogP contribution in [-0.2, 0) is 19.3 Å². The van der Waals surface area contributed by atoms with E-state index >= 15 is 0 Å². The second kappa shape index (κ2) is 9.65. The highest BCUT2D eigenvalue weighted by atomic mass is 14.3. The van der Waals surface area contributed by atoms with Gasteiger partial charge in [-0.15, -0.1) is 0 Å². The summed E-state index contributed by atoms with van der Waals surface area (Å²) in [5.41, 5.74) is 10.2. The number of unbranched alkanes of at least 4 members (excludes halogenated alkanes) is 2. The van der Waals surface area contributed by atoms with E-state index in [-0.39, 0.29) is 0 Å². The van der Waals surface area contributed by atoms with Crippen molar-refractivity contribution in [1.29, 1.82) is 0 Å². The van der Waals surface area contributed by atoms with Crippen LogP contribution in [0.3, 0.4) is 0 Å². The Morgan fingerprint density at radius 2 is 1.67 bits per heavy atom. The number of aryl methyl sites for hydroxylation is 1. The first-order valence-electron chi connectivity index (χ1n) is 12.0. The fourth-order valence-corrected chi connectivity index (χ4v) is 5.19. The molecule has 4 rings (SSSR count). The zero-order chi connectivity index (χ0) is 20.9. The van der Waals surface area contributed by atoms with Crippen LogP contribution in [0.2, 0.25) is 0 Å². The number of fused-ring (bicyclic) bond motifs is 3. The van der Waals surface area contributed by atoms with Crippen LogP contribution in [0.15, 0.2) is 78.4 Å². The van der Waals surface area contributed by atoms with Crippen LogP contribution < -0.4 is 0 Å². The van der Waals surface area contributed by atoms with Gasteiger partial charge in [-0.3, -0.25) is 0 Å². The molecule has 0 heterocycles. The van der Waals surface area contributed by atoms with E-state index in [1.807, 2.05) is 0 Å². The van der Waals surface area contributed by atoms with Gasteiger partial charge in [-0.25, -0.2) is 0 Å². The Balaban J connectivity index is 1.69. The van der Waals surface area contributed by atoms with Gasteiger partial charge >= 0.3 is 0 Å². The molecule has 2 atom stereocenters. The molecule has 30 heavy (non-hydrogen) atoms. The second-order valence-corrected chi connectivity index (χ2v) is 9.18. The number of allylic oxidation sites excluding steroid dienone is 5. The molecule has 0 aliphatic heterocycles. The molecule has 0 amide bonds. The summed E-state index contributed by atoms with van der Waals surface area (Å²) in [4.78, 5) is 0. The summed E-state index contributed by atoms with van der Waals surface area (Å²) in [5, 5.41) is 0. The van der Waals surface area contributed by atoms with Crippen molar-refractivity contribution >= 4 is 0 Å². The van der Waals surface area contributed by atoms with Crippen LogP contribution >= 0.6 is 0 Å². The van der Waals surface area contributed by atoms with Crippen molar-refractivity contribution in [3.63, 3.8) is 0 Å². The third-order valence-corrected chi connectivity index (χ3v) is 6.91. The Kier molecular flexibility index (Phi) is 6.72. The van der Waals surface area contributed by atoms with Gasteiger partial charge in [0.1, 0.15) is 0 Å². The Hall–Kier alpha value is -2.34. The molecule has 0 saturated heterocycles. The maximum atomic E-state index is 4.30. The van der Waals surface area contributed by atoms with Crippen molar-refractivity contribution in [2.45, 2.75) is 65.2 Å². The van der Waals surface area contributed by atoms with E-state index in [0.717, 1.165) is 12.8 Å². The van der Waals surface area contributed by atoms with Gasteiger partial charge in [0.25, 0.3) is 0 Å². The lowest BCUT2D eigenvalue weighted by molar-refractivity contribution is 0.597. The molecule has 0 nitrogen and oxygen atoms in total. The van der Waals surface area contributed by atoms with Gasteiger partial charge in [0.05, 0.1) is 0 Å². The first-order chi connectivity index (χ1) is 14.7. The lowest BCUT2D eigenvalue weighted by Crippen LogP contribution is -2.14. The highest BCUT2D eigenvalue weighted by Gasteiger charge is 2.25. The molecule has 0 heteroatoms. The Labute approximate surface area is 183 Å². The van der Waals surface area contributed by atoms with Crippen LogP contribution in [-0.4, -0.2) is 0 Å². The van der Waals surface area contributed by atoms with E-state index in [0.29, 0.717) is 11.8 Å². The zero-order valence-corrected chi connectivity index (χ0v) is 18.8. The first-order valence-corrected chi connectivity index (χ1v) is 12.0. The predicted molar refractivity (Wildman–Crippen MR) is 131 cm³/mol. The van der Waals surface area contributed by atoms with Crippen molar-refractivity contribution in [2.24, 2.45) is 11.8 Å². The van der Waals surface area contributed by atoms with Crippen molar-refractivity contribution in [3.05, 3.63) is 95.1 Å². The summed E-state index contributed by atoms with van der Waals surface area (Å²) >= 11 is 0. The normalized spacial score (nSPS) is 20.3. The summed E-state index contributed by atoms with van der Waals surface area (Å²) in [5.74, 6) is 1.05. The van der Waals surface area contributed by atoms with Gasteiger partial charge < -0.3 is 0 Å². The third kappa shape index (κ3) is 4.53. The lowest BCUT2D eigenvalue weighted by atomic mass is 9.80. The molecule has 0 spiro atoms. The molecule has 2 unspecified atom stereocenters. The van der Waals surface area contributed by atoms with Gasteiger partial charge in [-0.2, -0.15) is 0 Å². The third-order valence-electron chi connectivity index (χ3n) is 6.91. The van der Waals surface area contributed by atoms with Gasteiger partial charge in [-0.1, -0.05) is 100 Å². The number of hydrogen-bond acceptors (Lipinski definition) is 0. The lowest BCUT2D eigenvalue weighted by Gasteiger charge is -2.24. The Morgan fingerprint density at radius 1 is 0.867 bits per heavy atom. The average molecular weight is 397 g/mol. The molecule has 0 fully saturated rings. The van der Waals surface area contributed by atoms with Crippen molar-refractivity contribution in [1.82, 2.24) is 0 Å². The average Bonchev–Trinajstić information content (AvgIpc) is 2.92. The molecule has 2 aliphatic rings. The standard InChI is InChI=1S/C30H36/c1-4-6-7-11-23-15-17-30-28(18-23)21-27(20-26-12-8-9-13-29(26)30)25-16-14-22(3)24(19-25)10-5-2/h8-9,12-19,24,27H,3-7,10-11,20-21H2,1-2H3. The van der Waals surface area contributed by atoms with E-state index in [4.69, 9.17) is 0 Å². The minimum absolute atomic E-state index is 0.508. The van der Waals surface area contributed by atoms with Gasteiger partial charge in [0.2, 0.25) is 0 Å². The molecular formula is C30H36. The van der Waals surface area contributed by atoms with Crippen LogP contribution in [0.5, 0.6) is 0 Å². The monoisotopic (exact) mass is 396 g/mol. The van der Waals surface area contributed by atoms with E-state index in [2.05, 4.69) is 81.1 Å². The van der Waals surface area contributed by atoms with Crippen LogP contribution in [0.25, 0.3) is 11.1 Å². The molecular weight excluding hydrogens is 360 g/mol. The summed E-state index contributed by atoms with van der Waals surface area (Å²) in [6.07, 6.45) is 16.9. The highest BCUT2D eigenvalue weighted by molar-refractivity contribution is 5.72. The molecule has 0 bridgehead atoms. The minimum atomic E-state index is 0.508.